The molecule has 2 rings (SSSR count). The second-order valence-electron chi connectivity index (χ2n) is 4.97. The summed E-state index contributed by atoms with van der Waals surface area (Å²) in [7, 11) is 3.98. The number of nitrogens with two attached hydrogens (primary N) is 1. The molecular weight excluding hydrogens is 239 g/mol. The van der Waals surface area contributed by atoms with Gasteiger partial charge in [0.15, 0.2) is 0 Å². The van der Waals surface area contributed by atoms with Crippen LogP contribution in [0.4, 0.5) is 10.1 Å². The number of aryl methyl sites for hydroxylation is 1. The lowest BCUT2D eigenvalue weighted by Crippen LogP contribution is -2.13. The SMILES string of the molecule is Cc1ccc(C(N)c2ccc(N(C)C)cc2)cc1F. The van der Waals surface area contributed by atoms with Gasteiger partial charge in [-0.3, -0.25) is 0 Å². The third kappa shape index (κ3) is 2.93. The molecule has 100 valence electrons. The van der Waals surface area contributed by atoms with Crippen LogP contribution in [0, 0.1) is 12.7 Å². The summed E-state index contributed by atoms with van der Waals surface area (Å²) in [5.74, 6) is -0.210. The summed E-state index contributed by atoms with van der Waals surface area (Å²) in [5, 5.41) is 0. The van der Waals surface area contributed by atoms with Gasteiger partial charge in [0, 0.05) is 19.8 Å². The van der Waals surface area contributed by atoms with Crippen LogP contribution in [0.1, 0.15) is 22.7 Å². The van der Waals surface area contributed by atoms with E-state index >= 15 is 0 Å². The van der Waals surface area contributed by atoms with E-state index in [1.165, 1.54) is 6.07 Å². The van der Waals surface area contributed by atoms with E-state index in [1.807, 2.05) is 49.3 Å². The molecule has 0 saturated heterocycles. The van der Waals surface area contributed by atoms with Gasteiger partial charge in [-0.05, 0) is 41.8 Å². The molecule has 0 radical (unpaired) electrons. The van der Waals surface area contributed by atoms with Crippen LogP contribution in [0.5, 0.6) is 0 Å². The minimum Gasteiger partial charge on any atom is -0.378 e. The molecule has 2 aromatic rings. The monoisotopic (exact) mass is 258 g/mol. The Labute approximate surface area is 113 Å². The van der Waals surface area contributed by atoms with Crippen LogP contribution in [0.3, 0.4) is 0 Å². The Bertz CT molecular complexity index is 561. The minimum absolute atomic E-state index is 0.210. The Balaban J connectivity index is 2.27. The van der Waals surface area contributed by atoms with Gasteiger partial charge in [-0.1, -0.05) is 24.3 Å². The Morgan fingerprint density at radius 1 is 1.00 bits per heavy atom. The van der Waals surface area contributed by atoms with Gasteiger partial charge in [0.2, 0.25) is 0 Å². The smallest absolute Gasteiger partial charge is 0.126 e. The van der Waals surface area contributed by atoms with E-state index in [1.54, 1.807) is 13.0 Å². The minimum atomic E-state index is -0.300. The van der Waals surface area contributed by atoms with E-state index in [0.717, 1.165) is 16.8 Å². The van der Waals surface area contributed by atoms with E-state index in [4.69, 9.17) is 5.73 Å². The van der Waals surface area contributed by atoms with Crippen molar-refractivity contribution in [2.45, 2.75) is 13.0 Å². The molecule has 2 nitrogen and oxygen atoms in total. The van der Waals surface area contributed by atoms with E-state index in [0.29, 0.717) is 5.56 Å². The van der Waals surface area contributed by atoms with Gasteiger partial charge in [0.25, 0.3) is 0 Å². The molecule has 0 aliphatic heterocycles. The molecule has 0 aliphatic rings. The molecule has 0 aromatic heterocycles. The second-order valence-corrected chi connectivity index (χ2v) is 4.97. The van der Waals surface area contributed by atoms with E-state index < -0.39 is 0 Å². The maximum atomic E-state index is 13.6. The van der Waals surface area contributed by atoms with Crippen LogP contribution >= 0.6 is 0 Å². The van der Waals surface area contributed by atoms with Crippen LogP contribution in [-0.4, -0.2) is 14.1 Å². The van der Waals surface area contributed by atoms with Crippen molar-refractivity contribution >= 4 is 5.69 Å². The third-order valence-electron chi connectivity index (χ3n) is 3.32. The average Bonchev–Trinajstić information content (AvgIpc) is 2.41. The lowest BCUT2D eigenvalue weighted by molar-refractivity contribution is 0.614. The van der Waals surface area contributed by atoms with Gasteiger partial charge in [-0.2, -0.15) is 0 Å². The molecule has 0 amide bonds. The largest absolute Gasteiger partial charge is 0.378 e. The highest BCUT2D eigenvalue weighted by Gasteiger charge is 2.10. The van der Waals surface area contributed by atoms with E-state index in [2.05, 4.69) is 0 Å². The molecule has 1 atom stereocenters. The second kappa shape index (κ2) is 5.41. The Morgan fingerprint density at radius 2 is 1.58 bits per heavy atom. The number of benzene rings is 2. The lowest BCUT2D eigenvalue weighted by Gasteiger charge is -2.16. The highest BCUT2D eigenvalue weighted by atomic mass is 19.1. The maximum absolute atomic E-state index is 13.6. The molecule has 0 heterocycles. The summed E-state index contributed by atoms with van der Waals surface area (Å²) < 4.78 is 13.6. The first-order chi connectivity index (χ1) is 8.99. The third-order valence-corrected chi connectivity index (χ3v) is 3.32. The molecule has 0 saturated carbocycles. The molecule has 0 aliphatic carbocycles. The quantitative estimate of drug-likeness (QED) is 0.915. The summed E-state index contributed by atoms with van der Waals surface area (Å²) >= 11 is 0. The number of rotatable bonds is 3. The Hall–Kier alpha value is -1.87. The molecule has 2 aromatic carbocycles. The number of halogens is 1. The van der Waals surface area contributed by atoms with Crippen molar-refractivity contribution in [1.29, 1.82) is 0 Å². The summed E-state index contributed by atoms with van der Waals surface area (Å²) in [6.45, 7) is 1.75. The number of hydrogen-bond donors (Lipinski definition) is 1. The van der Waals surface area contributed by atoms with Gasteiger partial charge in [-0.15, -0.1) is 0 Å². The fraction of sp³-hybridized carbons (Fsp3) is 0.250. The molecule has 19 heavy (non-hydrogen) atoms. The van der Waals surface area contributed by atoms with Crippen molar-refractivity contribution in [1.82, 2.24) is 0 Å². The van der Waals surface area contributed by atoms with Gasteiger partial charge in [0.05, 0.1) is 6.04 Å². The van der Waals surface area contributed by atoms with Crippen molar-refractivity contribution in [3.63, 3.8) is 0 Å². The molecule has 3 heteroatoms. The molecule has 0 spiro atoms. The lowest BCUT2D eigenvalue weighted by atomic mass is 9.98. The van der Waals surface area contributed by atoms with Crippen molar-refractivity contribution < 1.29 is 4.39 Å². The van der Waals surface area contributed by atoms with Crippen LogP contribution in [0.15, 0.2) is 42.5 Å². The first kappa shape index (κ1) is 13.6. The molecular formula is C16H19FN2. The zero-order valence-electron chi connectivity index (χ0n) is 11.5. The zero-order valence-corrected chi connectivity index (χ0v) is 11.5. The van der Waals surface area contributed by atoms with Crippen LogP contribution in [0.25, 0.3) is 0 Å². The molecule has 1 unspecified atom stereocenters. The Kier molecular flexibility index (Phi) is 3.86. The van der Waals surface area contributed by atoms with Crippen molar-refractivity contribution in [3.8, 4) is 0 Å². The fourth-order valence-electron chi connectivity index (χ4n) is 1.97. The standard InChI is InChI=1S/C16H19FN2/c1-11-4-5-13(10-15(11)17)16(18)12-6-8-14(9-7-12)19(2)3/h4-10,16H,18H2,1-3H3. The van der Waals surface area contributed by atoms with Gasteiger partial charge < -0.3 is 10.6 Å². The predicted molar refractivity (Wildman–Crippen MR) is 77.9 cm³/mol. The summed E-state index contributed by atoms with van der Waals surface area (Å²) in [5.41, 5.74) is 9.71. The normalized spacial score (nSPS) is 12.3. The van der Waals surface area contributed by atoms with Crippen molar-refractivity contribution in [2.24, 2.45) is 5.73 Å². The van der Waals surface area contributed by atoms with Crippen molar-refractivity contribution in [3.05, 3.63) is 65.0 Å². The first-order valence-electron chi connectivity index (χ1n) is 6.28. The predicted octanol–water partition coefficient (Wildman–Crippen LogP) is 3.25. The topological polar surface area (TPSA) is 29.3 Å². The maximum Gasteiger partial charge on any atom is 0.126 e. The fourth-order valence-corrected chi connectivity index (χ4v) is 1.97. The van der Waals surface area contributed by atoms with Gasteiger partial charge in [0.1, 0.15) is 5.82 Å². The Morgan fingerprint density at radius 3 is 2.11 bits per heavy atom. The average molecular weight is 258 g/mol. The highest BCUT2D eigenvalue weighted by molar-refractivity contribution is 5.47. The summed E-state index contributed by atoms with van der Waals surface area (Å²) in [6, 6.07) is 12.8. The number of hydrogen-bond acceptors (Lipinski definition) is 2. The molecule has 0 fully saturated rings. The van der Waals surface area contributed by atoms with Gasteiger partial charge in [-0.25, -0.2) is 4.39 Å². The van der Waals surface area contributed by atoms with E-state index in [9.17, 15) is 4.39 Å². The zero-order chi connectivity index (χ0) is 14.0. The highest BCUT2D eigenvalue weighted by Crippen LogP contribution is 2.23. The number of anilines is 1. The summed E-state index contributed by atoms with van der Waals surface area (Å²) in [4.78, 5) is 2.03. The molecule has 0 bridgehead atoms. The van der Waals surface area contributed by atoms with Crippen LogP contribution < -0.4 is 10.6 Å². The summed E-state index contributed by atoms with van der Waals surface area (Å²) in [6.07, 6.45) is 0. The van der Waals surface area contributed by atoms with Crippen molar-refractivity contribution in [2.75, 3.05) is 19.0 Å². The molecule has 2 N–H and O–H groups in total. The van der Waals surface area contributed by atoms with Gasteiger partial charge >= 0.3 is 0 Å². The number of nitrogens with zero attached hydrogens (tertiary/aromatic N) is 1. The van der Waals surface area contributed by atoms with E-state index in [-0.39, 0.29) is 11.9 Å². The first-order valence-corrected chi connectivity index (χ1v) is 6.28. The van der Waals surface area contributed by atoms with Crippen LogP contribution in [-0.2, 0) is 0 Å². The van der Waals surface area contributed by atoms with Crippen LogP contribution in [0.2, 0.25) is 0 Å².